The summed E-state index contributed by atoms with van der Waals surface area (Å²) in [4.78, 5) is 12.6. The second-order valence-corrected chi connectivity index (χ2v) is 10.1. The molecule has 0 bridgehead atoms. The summed E-state index contributed by atoms with van der Waals surface area (Å²) in [5.74, 6) is 1.31. The van der Waals surface area contributed by atoms with E-state index in [1.165, 1.54) is 24.5 Å². The summed E-state index contributed by atoms with van der Waals surface area (Å²) >= 11 is 1.28. The molecule has 188 valence electrons. The Labute approximate surface area is 215 Å². The van der Waals surface area contributed by atoms with Crippen LogP contribution in [0.5, 0.6) is 17.2 Å². The molecule has 3 aromatic rings. The van der Waals surface area contributed by atoms with Gasteiger partial charge in [0.15, 0.2) is 11.5 Å². The molecule has 2 aromatic carbocycles. The number of nitrogens with one attached hydrogen (secondary N) is 1. The van der Waals surface area contributed by atoms with E-state index in [4.69, 9.17) is 14.2 Å². The molecule has 0 atom stereocenters. The van der Waals surface area contributed by atoms with Gasteiger partial charge in [-0.05, 0) is 48.7 Å². The number of hydrogen-bond acceptors (Lipinski definition) is 8. The summed E-state index contributed by atoms with van der Waals surface area (Å²) in [6, 6.07) is 13.1. The van der Waals surface area contributed by atoms with Crippen molar-refractivity contribution in [3.63, 3.8) is 0 Å². The molecule has 0 aliphatic heterocycles. The second kappa shape index (κ2) is 11.7. The molecule has 0 spiro atoms. The fraction of sp³-hybridized carbons (Fsp3) is 0.333. The van der Waals surface area contributed by atoms with Crippen molar-refractivity contribution in [1.82, 2.24) is 10.2 Å². The van der Waals surface area contributed by atoms with Gasteiger partial charge in [0, 0.05) is 5.41 Å². The molecule has 0 saturated heterocycles. The number of benzene rings is 2. The van der Waals surface area contributed by atoms with E-state index >= 15 is 0 Å². The number of nitriles is 1. The molecule has 8 nitrogen and oxygen atoms in total. The number of rotatable bonds is 9. The van der Waals surface area contributed by atoms with Crippen LogP contribution in [-0.4, -0.2) is 36.4 Å². The van der Waals surface area contributed by atoms with Crippen molar-refractivity contribution in [3.8, 4) is 23.3 Å². The summed E-state index contributed by atoms with van der Waals surface area (Å²) in [5.41, 5.74) is 2.51. The van der Waals surface area contributed by atoms with Crippen molar-refractivity contribution in [2.75, 3.05) is 25.6 Å². The van der Waals surface area contributed by atoms with Gasteiger partial charge in [0.2, 0.25) is 5.13 Å². The van der Waals surface area contributed by atoms with Crippen molar-refractivity contribution < 1.29 is 19.0 Å². The molecule has 1 aromatic heterocycles. The third-order valence-electron chi connectivity index (χ3n) is 5.15. The van der Waals surface area contributed by atoms with Gasteiger partial charge in [0.05, 0.1) is 7.11 Å². The van der Waals surface area contributed by atoms with Crippen LogP contribution < -0.4 is 19.5 Å². The molecule has 0 saturated carbocycles. The number of methoxy groups -OCH3 is 1. The van der Waals surface area contributed by atoms with Crippen molar-refractivity contribution in [1.29, 1.82) is 5.26 Å². The number of aryl methyl sites for hydroxylation is 2. The Morgan fingerprint density at radius 3 is 2.39 bits per heavy atom. The first-order valence-corrected chi connectivity index (χ1v) is 12.2. The number of carbonyl (C=O) groups excluding carboxylic acids is 1. The molecule has 0 aliphatic rings. The van der Waals surface area contributed by atoms with Gasteiger partial charge in [-0.3, -0.25) is 10.1 Å². The lowest BCUT2D eigenvalue weighted by Crippen LogP contribution is -2.13. The number of hydrogen-bond donors (Lipinski definition) is 1. The molecule has 1 heterocycles. The SMILES string of the molecule is COc1cc(/C=C(\C#N)C(=O)Nc2nnc(C(C)(C)C)s2)ccc1OCCOc1c(C)cccc1C. The second-order valence-electron chi connectivity index (χ2n) is 9.11. The lowest BCUT2D eigenvalue weighted by molar-refractivity contribution is -0.112. The van der Waals surface area contributed by atoms with Crippen LogP contribution in [0, 0.1) is 25.2 Å². The Kier molecular flexibility index (Phi) is 8.67. The molecule has 0 aliphatic carbocycles. The van der Waals surface area contributed by atoms with Crippen LogP contribution in [0.15, 0.2) is 42.0 Å². The number of amides is 1. The summed E-state index contributed by atoms with van der Waals surface area (Å²) in [6.45, 7) is 10.7. The van der Waals surface area contributed by atoms with Gasteiger partial charge in [-0.2, -0.15) is 5.26 Å². The summed E-state index contributed by atoms with van der Waals surface area (Å²) < 4.78 is 17.2. The van der Waals surface area contributed by atoms with Crippen molar-refractivity contribution in [3.05, 3.63) is 63.7 Å². The van der Waals surface area contributed by atoms with Gasteiger partial charge in [0.25, 0.3) is 5.91 Å². The highest BCUT2D eigenvalue weighted by atomic mass is 32.1. The topological polar surface area (TPSA) is 106 Å². The molecule has 3 rings (SSSR count). The average Bonchev–Trinajstić information content (AvgIpc) is 3.31. The zero-order chi connectivity index (χ0) is 26.3. The summed E-state index contributed by atoms with van der Waals surface area (Å²) in [6.07, 6.45) is 1.48. The van der Waals surface area contributed by atoms with E-state index in [1.54, 1.807) is 18.2 Å². The van der Waals surface area contributed by atoms with Crippen LogP contribution in [0.2, 0.25) is 0 Å². The molecule has 36 heavy (non-hydrogen) atoms. The van der Waals surface area contributed by atoms with Gasteiger partial charge >= 0.3 is 0 Å². The van der Waals surface area contributed by atoms with Crippen LogP contribution >= 0.6 is 11.3 Å². The van der Waals surface area contributed by atoms with Crippen LogP contribution in [0.4, 0.5) is 5.13 Å². The minimum Gasteiger partial charge on any atom is -0.493 e. The van der Waals surface area contributed by atoms with E-state index < -0.39 is 5.91 Å². The molecular weight excluding hydrogens is 476 g/mol. The summed E-state index contributed by atoms with van der Waals surface area (Å²) in [7, 11) is 1.53. The number of carbonyl (C=O) groups is 1. The van der Waals surface area contributed by atoms with E-state index in [-0.39, 0.29) is 11.0 Å². The Bertz CT molecular complexity index is 1280. The van der Waals surface area contributed by atoms with E-state index in [1.807, 2.05) is 58.9 Å². The highest BCUT2D eigenvalue weighted by molar-refractivity contribution is 7.15. The predicted molar refractivity (Wildman–Crippen MR) is 141 cm³/mol. The zero-order valence-corrected chi connectivity index (χ0v) is 22.2. The molecule has 0 fully saturated rings. The molecule has 0 unspecified atom stereocenters. The summed E-state index contributed by atoms with van der Waals surface area (Å²) in [5, 5.41) is 21.4. The minimum atomic E-state index is -0.558. The monoisotopic (exact) mass is 506 g/mol. The third kappa shape index (κ3) is 6.83. The minimum absolute atomic E-state index is 0.0692. The number of ether oxygens (including phenoxy) is 3. The highest BCUT2D eigenvalue weighted by Crippen LogP contribution is 2.30. The standard InChI is InChI=1S/C27H30N4O4S/c1-17-8-7-9-18(2)23(17)35-13-12-34-21-11-10-19(15-22(21)33-6)14-20(16-28)24(32)29-26-31-30-25(36-26)27(3,4)5/h7-11,14-15H,12-13H2,1-6H3,(H,29,31,32)/b20-14+. The van der Waals surface area contributed by atoms with E-state index in [0.717, 1.165) is 21.9 Å². The van der Waals surface area contributed by atoms with Gasteiger partial charge in [0.1, 0.15) is 35.6 Å². The number of para-hydroxylation sites is 1. The fourth-order valence-electron chi connectivity index (χ4n) is 3.27. The first kappa shape index (κ1) is 26.7. The zero-order valence-electron chi connectivity index (χ0n) is 21.3. The maximum atomic E-state index is 12.6. The van der Waals surface area contributed by atoms with Crippen molar-refractivity contribution >= 4 is 28.5 Å². The Hall–Kier alpha value is -3.90. The van der Waals surface area contributed by atoms with Gasteiger partial charge < -0.3 is 14.2 Å². The first-order chi connectivity index (χ1) is 17.1. The van der Waals surface area contributed by atoms with Crippen LogP contribution in [-0.2, 0) is 10.2 Å². The van der Waals surface area contributed by atoms with Crippen LogP contribution in [0.3, 0.4) is 0 Å². The molecular formula is C27H30N4O4S. The lowest BCUT2D eigenvalue weighted by atomic mass is 9.98. The number of nitrogens with zero attached hydrogens (tertiary/aromatic N) is 3. The van der Waals surface area contributed by atoms with Gasteiger partial charge in [-0.15, -0.1) is 10.2 Å². The van der Waals surface area contributed by atoms with E-state index in [0.29, 0.717) is 35.4 Å². The van der Waals surface area contributed by atoms with Gasteiger partial charge in [-0.25, -0.2) is 0 Å². The maximum absolute atomic E-state index is 12.6. The van der Waals surface area contributed by atoms with Crippen molar-refractivity contribution in [2.45, 2.75) is 40.0 Å². The lowest BCUT2D eigenvalue weighted by Gasteiger charge is -2.14. The van der Waals surface area contributed by atoms with Gasteiger partial charge in [-0.1, -0.05) is 56.4 Å². The number of aromatic nitrogens is 2. The van der Waals surface area contributed by atoms with E-state index in [9.17, 15) is 10.1 Å². The average molecular weight is 507 g/mol. The van der Waals surface area contributed by atoms with E-state index in [2.05, 4.69) is 15.5 Å². The maximum Gasteiger partial charge on any atom is 0.268 e. The molecule has 1 amide bonds. The van der Waals surface area contributed by atoms with Crippen LogP contribution in [0.1, 0.15) is 42.5 Å². The van der Waals surface area contributed by atoms with Crippen molar-refractivity contribution in [2.24, 2.45) is 0 Å². The predicted octanol–water partition coefficient (Wildman–Crippen LogP) is 5.46. The van der Waals surface area contributed by atoms with Crippen LogP contribution in [0.25, 0.3) is 6.08 Å². The Balaban J connectivity index is 1.65. The largest absolute Gasteiger partial charge is 0.493 e. The first-order valence-electron chi connectivity index (χ1n) is 11.4. The molecule has 1 N–H and O–H groups in total. The fourth-order valence-corrected chi connectivity index (χ4v) is 4.07. The Morgan fingerprint density at radius 2 is 1.78 bits per heavy atom. The smallest absolute Gasteiger partial charge is 0.268 e. The third-order valence-corrected chi connectivity index (χ3v) is 6.41. The highest BCUT2D eigenvalue weighted by Gasteiger charge is 2.21. The molecule has 0 radical (unpaired) electrons. The number of anilines is 1. The molecule has 9 heteroatoms. The quantitative estimate of drug-likeness (QED) is 0.233. The Morgan fingerprint density at radius 1 is 1.08 bits per heavy atom. The normalized spacial score (nSPS) is 11.5.